The summed E-state index contributed by atoms with van der Waals surface area (Å²) in [5, 5.41) is 0.196. The van der Waals surface area contributed by atoms with Crippen molar-refractivity contribution in [1.29, 1.82) is 0 Å². The fraction of sp³-hybridized carbons (Fsp3) is 0.400. The number of nitrogens with one attached hydrogen (secondary N) is 1. The molecule has 0 unspecified atom stereocenters. The van der Waals surface area contributed by atoms with Crippen LogP contribution in [-0.4, -0.2) is 14.0 Å². The van der Waals surface area contributed by atoms with E-state index in [2.05, 4.69) is 20.7 Å². The van der Waals surface area contributed by atoms with Gasteiger partial charge in [-0.1, -0.05) is 23.2 Å². The number of sulfonamides is 1. The van der Waals surface area contributed by atoms with E-state index in [1.165, 1.54) is 6.07 Å². The van der Waals surface area contributed by atoms with Crippen LogP contribution in [0.2, 0.25) is 10.0 Å². The van der Waals surface area contributed by atoms with Crippen LogP contribution in [0.25, 0.3) is 0 Å². The summed E-state index contributed by atoms with van der Waals surface area (Å²) in [5.74, 6) is 0. The van der Waals surface area contributed by atoms with Gasteiger partial charge in [-0.05, 0) is 48.8 Å². The topological polar surface area (TPSA) is 46.2 Å². The molecule has 0 fully saturated rings. The van der Waals surface area contributed by atoms with Crippen LogP contribution in [0, 0.1) is 0 Å². The minimum atomic E-state index is -3.68. The average molecular weight is 361 g/mol. The summed E-state index contributed by atoms with van der Waals surface area (Å²) in [6, 6.07) is 2.96. The molecule has 7 heteroatoms. The molecule has 17 heavy (non-hydrogen) atoms. The first-order valence-electron chi connectivity index (χ1n) is 4.72. The Hall–Kier alpha value is 0.190. The molecule has 3 nitrogen and oxygen atoms in total. The molecule has 1 aromatic rings. The standard InChI is InChI=1S/C10H12BrCl2NO2S/c1-10(2,3)14-17(15,16)7-5-4-6(11)8(12)9(7)13/h4-5,14H,1-3H3. The van der Waals surface area contributed by atoms with Gasteiger partial charge in [0.15, 0.2) is 0 Å². The van der Waals surface area contributed by atoms with Crippen molar-refractivity contribution < 1.29 is 8.42 Å². The largest absolute Gasteiger partial charge is 0.242 e. The molecule has 0 saturated carbocycles. The zero-order valence-electron chi connectivity index (χ0n) is 9.51. The summed E-state index contributed by atoms with van der Waals surface area (Å²) in [7, 11) is -3.68. The summed E-state index contributed by atoms with van der Waals surface area (Å²) in [5.41, 5.74) is -0.582. The van der Waals surface area contributed by atoms with Crippen molar-refractivity contribution in [2.45, 2.75) is 31.2 Å². The minimum Gasteiger partial charge on any atom is -0.207 e. The maximum atomic E-state index is 12.1. The lowest BCUT2D eigenvalue weighted by Crippen LogP contribution is -2.40. The second-order valence-electron chi connectivity index (χ2n) is 4.53. The second kappa shape index (κ2) is 5.05. The molecular weight excluding hydrogens is 349 g/mol. The van der Waals surface area contributed by atoms with Gasteiger partial charge in [0, 0.05) is 10.0 Å². The molecule has 0 aromatic heterocycles. The van der Waals surface area contributed by atoms with Crippen LogP contribution in [0.3, 0.4) is 0 Å². The molecule has 1 rings (SSSR count). The third-order valence-electron chi connectivity index (χ3n) is 1.73. The number of hydrogen-bond donors (Lipinski definition) is 1. The Morgan fingerprint density at radius 1 is 1.18 bits per heavy atom. The number of rotatable bonds is 2. The highest BCUT2D eigenvalue weighted by molar-refractivity contribution is 9.10. The SMILES string of the molecule is CC(C)(C)NS(=O)(=O)c1ccc(Br)c(Cl)c1Cl. The summed E-state index contributed by atoms with van der Waals surface area (Å²) in [6.07, 6.45) is 0. The molecule has 0 atom stereocenters. The highest BCUT2D eigenvalue weighted by Crippen LogP contribution is 2.35. The van der Waals surface area contributed by atoms with E-state index in [-0.39, 0.29) is 14.9 Å². The zero-order valence-corrected chi connectivity index (χ0v) is 13.4. The molecular formula is C10H12BrCl2NO2S. The average Bonchev–Trinajstić information content (AvgIpc) is 2.09. The summed E-state index contributed by atoms with van der Waals surface area (Å²) in [4.78, 5) is -0.0257. The van der Waals surface area contributed by atoms with Crippen molar-refractivity contribution in [2.24, 2.45) is 0 Å². The Bertz CT molecular complexity index is 538. The van der Waals surface area contributed by atoms with E-state index in [9.17, 15) is 8.42 Å². The van der Waals surface area contributed by atoms with E-state index in [1.807, 2.05) is 0 Å². The van der Waals surface area contributed by atoms with Gasteiger partial charge < -0.3 is 0 Å². The molecule has 0 amide bonds. The molecule has 0 spiro atoms. The van der Waals surface area contributed by atoms with Crippen LogP contribution in [-0.2, 0) is 10.0 Å². The van der Waals surface area contributed by atoms with Gasteiger partial charge >= 0.3 is 0 Å². The Labute approximate surface area is 120 Å². The third kappa shape index (κ3) is 3.83. The normalized spacial score (nSPS) is 12.8. The lowest BCUT2D eigenvalue weighted by atomic mass is 10.1. The van der Waals surface area contributed by atoms with Gasteiger partial charge in [-0.15, -0.1) is 0 Å². The molecule has 96 valence electrons. The van der Waals surface area contributed by atoms with E-state index in [1.54, 1.807) is 26.8 Å². The predicted molar refractivity (Wildman–Crippen MR) is 74.2 cm³/mol. The Morgan fingerprint density at radius 2 is 1.71 bits per heavy atom. The minimum absolute atomic E-state index is 0.0118. The van der Waals surface area contributed by atoms with E-state index >= 15 is 0 Å². The fourth-order valence-corrected chi connectivity index (χ4v) is 3.81. The Kier molecular flexibility index (Phi) is 4.53. The lowest BCUT2D eigenvalue weighted by Gasteiger charge is -2.21. The predicted octanol–water partition coefficient (Wildman–Crippen LogP) is 3.83. The van der Waals surface area contributed by atoms with Crippen molar-refractivity contribution in [3.63, 3.8) is 0 Å². The van der Waals surface area contributed by atoms with E-state index in [4.69, 9.17) is 23.2 Å². The van der Waals surface area contributed by atoms with E-state index < -0.39 is 15.6 Å². The maximum Gasteiger partial charge on any atom is 0.242 e. The van der Waals surface area contributed by atoms with Gasteiger partial charge in [-0.3, -0.25) is 0 Å². The summed E-state index contributed by atoms with van der Waals surface area (Å²) >= 11 is 15.0. The van der Waals surface area contributed by atoms with Crippen LogP contribution < -0.4 is 4.72 Å². The van der Waals surface area contributed by atoms with Gasteiger partial charge in [-0.2, -0.15) is 0 Å². The van der Waals surface area contributed by atoms with Crippen molar-refractivity contribution in [3.8, 4) is 0 Å². The zero-order chi connectivity index (χ0) is 13.4. The Balaban J connectivity index is 3.31. The first kappa shape index (κ1) is 15.2. The van der Waals surface area contributed by atoms with Crippen molar-refractivity contribution in [3.05, 3.63) is 26.7 Å². The van der Waals surface area contributed by atoms with Gasteiger partial charge in [0.2, 0.25) is 10.0 Å². The lowest BCUT2D eigenvalue weighted by molar-refractivity contribution is 0.491. The quantitative estimate of drug-likeness (QED) is 0.814. The van der Waals surface area contributed by atoms with Crippen LogP contribution in [0.4, 0.5) is 0 Å². The van der Waals surface area contributed by atoms with Gasteiger partial charge in [0.25, 0.3) is 0 Å². The number of halogens is 3. The summed E-state index contributed by atoms with van der Waals surface area (Å²) < 4.78 is 27.2. The van der Waals surface area contributed by atoms with Crippen LogP contribution in [0.1, 0.15) is 20.8 Å². The monoisotopic (exact) mass is 359 g/mol. The molecule has 0 aliphatic carbocycles. The third-order valence-corrected chi connectivity index (χ3v) is 5.41. The molecule has 0 aliphatic rings. The molecule has 1 aromatic carbocycles. The van der Waals surface area contributed by atoms with Crippen LogP contribution in [0.5, 0.6) is 0 Å². The molecule has 0 saturated heterocycles. The first-order valence-corrected chi connectivity index (χ1v) is 7.75. The number of hydrogen-bond acceptors (Lipinski definition) is 2. The van der Waals surface area contributed by atoms with Crippen LogP contribution >= 0.6 is 39.1 Å². The highest BCUT2D eigenvalue weighted by Gasteiger charge is 2.25. The molecule has 1 N–H and O–H groups in total. The molecule has 0 heterocycles. The van der Waals surface area contributed by atoms with E-state index in [0.717, 1.165) is 0 Å². The highest BCUT2D eigenvalue weighted by atomic mass is 79.9. The van der Waals surface area contributed by atoms with Gasteiger partial charge in [0.1, 0.15) is 4.90 Å². The summed E-state index contributed by atoms with van der Waals surface area (Å²) in [6.45, 7) is 5.25. The molecule has 0 radical (unpaired) electrons. The van der Waals surface area contributed by atoms with Gasteiger partial charge in [-0.25, -0.2) is 13.1 Å². The first-order chi connectivity index (χ1) is 7.54. The smallest absolute Gasteiger partial charge is 0.207 e. The Morgan fingerprint density at radius 3 is 2.18 bits per heavy atom. The maximum absolute atomic E-state index is 12.1. The second-order valence-corrected chi connectivity index (χ2v) is 7.79. The van der Waals surface area contributed by atoms with Crippen molar-refractivity contribution >= 4 is 49.2 Å². The van der Waals surface area contributed by atoms with Crippen molar-refractivity contribution in [2.75, 3.05) is 0 Å². The van der Waals surface area contributed by atoms with Gasteiger partial charge in [0.05, 0.1) is 10.0 Å². The van der Waals surface area contributed by atoms with Crippen molar-refractivity contribution in [1.82, 2.24) is 4.72 Å². The van der Waals surface area contributed by atoms with Crippen LogP contribution in [0.15, 0.2) is 21.5 Å². The number of benzene rings is 1. The fourth-order valence-electron chi connectivity index (χ4n) is 1.17. The molecule has 0 aliphatic heterocycles. The van der Waals surface area contributed by atoms with E-state index in [0.29, 0.717) is 4.47 Å². The molecule has 0 bridgehead atoms.